The number of hydrogen-bond donors (Lipinski definition) is 2. The molecule has 0 atom stereocenters. The Balaban J connectivity index is 1.38. The third-order valence-electron chi connectivity index (χ3n) is 6.19. The van der Waals surface area contributed by atoms with Crippen LogP contribution in [-0.2, 0) is 18.0 Å². The summed E-state index contributed by atoms with van der Waals surface area (Å²) in [6.07, 6.45) is 1.22. The fourth-order valence-electron chi connectivity index (χ4n) is 4.38. The van der Waals surface area contributed by atoms with Crippen LogP contribution in [0.1, 0.15) is 49.3 Å². The summed E-state index contributed by atoms with van der Waals surface area (Å²) in [6, 6.07) is 12.8. The number of aliphatic carboxylic acids is 1. The number of anilines is 2. The van der Waals surface area contributed by atoms with Gasteiger partial charge in [0.25, 0.3) is 0 Å². The van der Waals surface area contributed by atoms with E-state index in [2.05, 4.69) is 27.5 Å². The molecule has 0 amide bonds. The van der Waals surface area contributed by atoms with Gasteiger partial charge in [0, 0.05) is 25.1 Å². The number of aryl methyl sites for hydroxylation is 1. The topological polar surface area (TPSA) is 80.0 Å². The van der Waals surface area contributed by atoms with Crippen molar-refractivity contribution in [3.8, 4) is 11.3 Å². The number of carbonyl (C=O) groups is 1. The minimum Gasteiger partial charge on any atom is -0.481 e. The van der Waals surface area contributed by atoms with Crippen LogP contribution >= 0.6 is 0 Å². The molecule has 4 rings (SSSR count). The van der Waals surface area contributed by atoms with Gasteiger partial charge in [-0.3, -0.25) is 14.5 Å². The maximum atomic E-state index is 12.8. The molecule has 0 aliphatic heterocycles. The standard InChI is InChI=1S/C24H25F3N4O2/c1-31-22(13-21(30-31)24(25,26)27)29-19-10-11-20(28-14-19)18-8-6-17(7-9-18)16-4-2-15(3-5-16)12-23(32)33/h6-11,13-16,29H,2-5,12H2,1H3,(H,32,33). The van der Waals surface area contributed by atoms with E-state index in [4.69, 9.17) is 5.11 Å². The van der Waals surface area contributed by atoms with E-state index < -0.39 is 17.8 Å². The van der Waals surface area contributed by atoms with E-state index in [0.717, 1.165) is 47.7 Å². The molecule has 1 aliphatic rings. The molecule has 0 unspecified atom stereocenters. The van der Waals surface area contributed by atoms with E-state index in [-0.39, 0.29) is 18.2 Å². The molecule has 0 spiro atoms. The number of nitrogens with zero attached hydrogens (tertiary/aromatic N) is 3. The molecule has 0 bridgehead atoms. The fourth-order valence-corrected chi connectivity index (χ4v) is 4.38. The van der Waals surface area contributed by atoms with E-state index in [0.29, 0.717) is 11.6 Å². The largest absolute Gasteiger partial charge is 0.481 e. The first-order valence-corrected chi connectivity index (χ1v) is 10.9. The summed E-state index contributed by atoms with van der Waals surface area (Å²) >= 11 is 0. The molecule has 2 aromatic heterocycles. The van der Waals surface area contributed by atoms with Crippen molar-refractivity contribution in [3.05, 3.63) is 59.9 Å². The van der Waals surface area contributed by atoms with Gasteiger partial charge in [-0.05, 0) is 55.2 Å². The molecule has 9 heteroatoms. The molecule has 33 heavy (non-hydrogen) atoms. The minimum atomic E-state index is -4.50. The van der Waals surface area contributed by atoms with Gasteiger partial charge in [0.15, 0.2) is 5.69 Å². The van der Waals surface area contributed by atoms with Gasteiger partial charge in [0.05, 0.1) is 17.6 Å². The second-order valence-electron chi connectivity index (χ2n) is 8.53. The summed E-state index contributed by atoms with van der Waals surface area (Å²) in [5, 5.41) is 15.4. The number of aromatic nitrogens is 3. The lowest BCUT2D eigenvalue weighted by molar-refractivity contribution is -0.141. The lowest BCUT2D eigenvalue weighted by Gasteiger charge is -2.28. The highest BCUT2D eigenvalue weighted by molar-refractivity contribution is 5.67. The summed E-state index contributed by atoms with van der Waals surface area (Å²) < 4.78 is 39.6. The Hall–Kier alpha value is -3.36. The summed E-state index contributed by atoms with van der Waals surface area (Å²) in [7, 11) is 1.44. The molecule has 0 radical (unpaired) electrons. The molecule has 2 heterocycles. The van der Waals surface area contributed by atoms with Gasteiger partial charge in [-0.15, -0.1) is 0 Å². The molecule has 3 aromatic rings. The summed E-state index contributed by atoms with van der Waals surface area (Å²) in [4.78, 5) is 15.3. The lowest BCUT2D eigenvalue weighted by atomic mass is 9.77. The number of pyridine rings is 1. The van der Waals surface area contributed by atoms with Crippen molar-refractivity contribution in [2.75, 3.05) is 5.32 Å². The first-order valence-electron chi connectivity index (χ1n) is 10.9. The van der Waals surface area contributed by atoms with Gasteiger partial charge in [0.1, 0.15) is 5.82 Å². The van der Waals surface area contributed by atoms with Gasteiger partial charge in [-0.1, -0.05) is 24.3 Å². The van der Waals surface area contributed by atoms with Crippen LogP contribution in [0.4, 0.5) is 24.7 Å². The molecule has 1 fully saturated rings. The van der Waals surface area contributed by atoms with Crippen LogP contribution in [0.2, 0.25) is 0 Å². The Morgan fingerprint density at radius 3 is 2.36 bits per heavy atom. The quantitative estimate of drug-likeness (QED) is 0.474. The van der Waals surface area contributed by atoms with Gasteiger partial charge in [-0.2, -0.15) is 18.3 Å². The van der Waals surface area contributed by atoms with Crippen molar-refractivity contribution < 1.29 is 23.1 Å². The first kappa shape index (κ1) is 22.8. The maximum Gasteiger partial charge on any atom is 0.435 e. The van der Waals surface area contributed by atoms with Crippen LogP contribution in [0.15, 0.2) is 48.7 Å². The van der Waals surface area contributed by atoms with Crippen molar-refractivity contribution >= 4 is 17.5 Å². The number of nitrogens with one attached hydrogen (secondary N) is 1. The van der Waals surface area contributed by atoms with Gasteiger partial charge < -0.3 is 10.4 Å². The van der Waals surface area contributed by atoms with Crippen molar-refractivity contribution in [2.45, 2.75) is 44.2 Å². The lowest BCUT2D eigenvalue weighted by Crippen LogP contribution is -2.16. The number of carboxylic acids is 1. The smallest absolute Gasteiger partial charge is 0.435 e. The minimum absolute atomic E-state index is 0.222. The zero-order valence-corrected chi connectivity index (χ0v) is 18.1. The Kier molecular flexibility index (Phi) is 6.40. The SMILES string of the molecule is Cn1nc(C(F)(F)F)cc1Nc1ccc(-c2ccc(C3CCC(CC(=O)O)CC3)cc2)nc1. The first-order chi connectivity index (χ1) is 15.7. The number of benzene rings is 1. The molecule has 1 aromatic carbocycles. The predicted octanol–water partition coefficient (Wildman–Crippen LogP) is 5.99. The predicted molar refractivity (Wildman–Crippen MR) is 118 cm³/mol. The van der Waals surface area contributed by atoms with Crippen molar-refractivity contribution in [1.29, 1.82) is 0 Å². The monoisotopic (exact) mass is 458 g/mol. The molecular formula is C24H25F3N4O2. The second kappa shape index (κ2) is 9.25. The number of rotatable bonds is 6. The second-order valence-corrected chi connectivity index (χ2v) is 8.53. The summed E-state index contributed by atoms with van der Waals surface area (Å²) in [6.45, 7) is 0. The van der Waals surface area contributed by atoms with E-state index >= 15 is 0 Å². The number of halogens is 3. The van der Waals surface area contributed by atoms with Crippen LogP contribution in [-0.4, -0.2) is 25.8 Å². The van der Waals surface area contributed by atoms with Crippen LogP contribution in [0.25, 0.3) is 11.3 Å². The highest BCUT2D eigenvalue weighted by Gasteiger charge is 2.34. The Morgan fingerprint density at radius 2 is 1.82 bits per heavy atom. The van der Waals surface area contributed by atoms with Gasteiger partial charge in [0.2, 0.25) is 0 Å². The fraction of sp³-hybridized carbons (Fsp3) is 0.375. The van der Waals surface area contributed by atoms with Crippen molar-refractivity contribution in [1.82, 2.24) is 14.8 Å². The van der Waals surface area contributed by atoms with Crippen LogP contribution in [0.5, 0.6) is 0 Å². The van der Waals surface area contributed by atoms with E-state index in [1.54, 1.807) is 12.3 Å². The third kappa shape index (κ3) is 5.53. The maximum absolute atomic E-state index is 12.8. The summed E-state index contributed by atoms with van der Waals surface area (Å²) in [5.74, 6) is 0.229. The molecular weight excluding hydrogens is 433 g/mol. The van der Waals surface area contributed by atoms with E-state index in [1.807, 2.05) is 18.2 Å². The highest BCUT2D eigenvalue weighted by atomic mass is 19.4. The number of hydrogen-bond acceptors (Lipinski definition) is 4. The Bertz CT molecular complexity index is 1100. The molecule has 174 valence electrons. The van der Waals surface area contributed by atoms with Gasteiger partial charge in [-0.25, -0.2) is 0 Å². The zero-order chi connectivity index (χ0) is 23.6. The summed E-state index contributed by atoms with van der Waals surface area (Å²) in [5.41, 5.74) is 2.57. The third-order valence-corrected chi connectivity index (χ3v) is 6.19. The van der Waals surface area contributed by atoms with Gasteiger partial charge >= 0.3 is 12.1 Å². The molecule has 1 saturated carbocycles. The van der Waals surface area contributed by atoms with Crippen molar-refractivity contribution in [2.24, 2.45) is 13.0 Å². The number of alkyl halides is 3. The average molecular weight is 458 g/mol. The molecule has 0 saturated heterocycles. The number of carboxylic acid groups (broad SMARTS) is 1. The Labute approximate surface area is 189 Å². The van der Waals surface area contributed by atoms with E-state index in [1.165, 1.54) is 12.6 Å². The average Bonchev–Trinajstić information content (AvgIpc) is 3.15. The van der Waals surface area contributed by atoms with E-state index in [9.17, 15) is 18.0 Å². The Morgan fingerprint density at radius 1 is 1.12 bits per heavy atom. The van der Waals surface area contributed by atoms with Crippen LogP contribution in [0.3, 0.4) is 0 Å². The highest BCUT2D eigenvalue weighted by Crippen LogP contribution is 2.37. The van der Waals surface area contributed by atoms with Crippen molar-refractivity contribution in [3.63, 3.8) is 0 Å². The molecule has 6 nitrogen and oxygen atoms in total. The zero-order valence-electron chi connectivity index (χ0n) is 18.1. The van der Waals surface area contributed by atoms with Crippen LogP contribution < -0.4 is 5.32 Å². The normalized spacial score (nSPS) is 18.8. The molecule has 2 N–H and O–H groups in total. The van der Waals surface area contributed by atoms with Crippen LogP contribution in [0, 0.1) is 5.92 Å². The molecule has 1 aliphatic carbocycles.